The van der Waals surface area contributed by atoms with E-state index >= 15 is 0 Å². The molecule has 0 radical (unpaired) electrons. The summed E-state index contributed by atoms with van der Waals surface area (Å²) in [6.45, 7) is 9.81. The lowest BCUT2D eigenvalue weighted by Crippen LogP contribution is -2.38. The topological polar surface area (TPSA) is 41.7 Å². The Morgan fingerprint density at radius 3 is 2.28 bits per heavy atom. The summed E-state index contributed by atoms with van der Waals surface area (Å²) in [6, 6.07) is 7.20. The maximum absolute atomic E-state index is 5.46. The van der Waals surface area contributed by atoms with Crippen LogP contribution in [-0.4, -0.2) is 18.8 Å². The molecule has 1 aromatic carbocycles. The van der Waals surface area contributed by atoms with Crippen molar-refractivity contribution in [1.82, 2.24) is 0 Å². The minimum atomic E-state index is -0.00609. The molecule has 2 rings (SSSR count). The van der Waals surface area contributed by atoms with Gasteiger partial charge in [0.1, 0.15) is 14.7 Å². The van der Waals surface area contributed by atoms with Crippen LogP contribution in [0.25, 0.3) is 0 Å². The van der Waals surface area contributed by atoms with E-state index in [1.807, 2.05) is 6.07 Å². The van der Waals surface area contributed by atoms with Gasteiger partial charge in [0.05, 0.1) is 18.0 Å². The Labute approximate surface area is 111 Å². The maximum atomic E-state index is 5.46. The first-order valence-electron chi connectivity index (χ1n) is 6.34. The molecule has 0 amide bonds. The molecule has 0 aliphatic carbocycles. The molecule has 1 unspecified atom stereocenters. The van der Waals surface area contributed by atoms with Gasteiger partial charge in [0.15, 0.2) is 0 Å². The fourth-order valence-electron chi connectivity index (χ4n) is 2.31. The zero-order valence-electron chi connectivity index (χ0n) is 11.5. The minimum Gasteiger partial charge on any atom is -0.461 e. The van der Waals surface area contributed by atoms with E-state index in [2.05, 4.69) is 49.6 Å². The van der Waals surface area contributed by atoms with E-state index in [0.717, 1.165) is 12.4 Å². The molecule has 1 aromatic rings. The Bertz CT molecular complexity index is 423. The molecule has 0 spiro atoms. The summed E-state index contributed by atoms with van der Waals surface area (Å²) in [5, 5.41) is 0. The van der Waals surface area contributed by atoms with Gasteiger partial charge in [0.25, 0.3) is 0 Å². The van der Waals surface area contributed by atoms with Gasteiger partial charge in [-0.15, -0.1) is 0 Å². The first-order chi connectivity index (χ1) is 8.54. The average Bonchev–Trinajstić information content (AvgIpc) is 2.68. The van der Waals surface area contributed by atoms with Crippen LogP contribution in [0.15, 0.2) is 18.2 Å². The summed E-state index contributed by atoms with van der Waals surface area (Å²) in [5.41, 5.74) is 7.99. The van der Waals surface area contributed by atoms with Gasteiger partial charge < -0.3 is 14.3 Å². The number of hydrogen-bond donors (Lipinski definition) is 1. The molecule has 100 valence electrons. The van der Waals surface area contributed by atoms with Crippen molar-refractivity contribution in [2.24, 2.45) is 5.50 Å². The first kappa shape index (κ1) is 13.4. The monoisotopic (exact) mass is 267 g/mol. The zero-order valence-corrected chi connectivity index (χ0v) is 12.5. The smallest absolute Gasteiger partial charge is 0.143 e. The third kappa shape index (κ3) is 2.40. The van der Waals surface area contributed by atoms with Crippen LogP contribution in [0.5, 0.6) is 5.75 Å². The molecule has 1 heterocycles. The standard InChI is InChI=1S/C13H22N3OP/c1-9(2)15-8-16(10(3)4)13-7-11(17-18-14)5-6-12(13)15/h5-7,9-10,18H,8,14H2,1-4H3. The number of hydrogen-bond acceptors (Lipinski definition) is 4. The summed E-state index contributed by atoms with van der Waals surface area (Å²) in [4.78, 5) is 4.80. The lowest BCUT2D eigenvalue weighted by Gasteiger charge is -2.27. The number of rotatable bonds is 4. The Kier molecular flexibility index (Phi) is 3.98. The van der Waals surface area contributed by atoms with Crippen molar-refractivity contribution in [1.29, 1.82) is 0 Å². The summed E-state index contributed by atoms with van der Waals surface area (Å²) in [7, 11) is -0.00609. The van der Waals surface area contributed by atoms with Crippen molar-refractivity contribution in [2.75, 3.05) is 16.5 Å². The van der Waals surface area contributed by atoms with Gasteiger partial charge in [-0.05, 0) is 39.8 Å². The second-order valence-corrected chi connectivity index (χ2v) is 5.58. The highest BCUT2D eigenvalue weighted by Crippen LogP contribution is 2.41. The van der Waals surface area contributed by atoms with Crippen LogP contribution in [0.4, 0.5) is 11.4 Å². The van der Waals surface area contributed by atoms with Gasteiger partial charge in [-0.3, -0.25) is 5.50 Å². The average molecular weight is 267 g/mol. The number of anilines is 2. The van der Waals surface area contributed by atoms with Crippen molar-refractivity contribution in [3.63, 3.8) is 0 Å². The van der Waals surface area contributed by atoms with E-state index in [1.165, 1.54) is 11.4 Å². The predicted molar refractivity (Wildman–Crippen MR) is 79.7 cm³/mol. The van der Waals surface area contributed by atoms with E-state index in [-0.39, 0.29) is 8.96 Å². The van der Waals surface area contributed by atoms with Gasteiger partial charge in [0, 0.05) is 18.2 Å². The summed E-state index contributed by atoms with van der Waals surface area (Å²) < 4.78 is 5.42. The Balaban J connectivity index is 2.38. The lowest BCUT2D eigenvalue weighted by atomic mass is 10.2. The highest BCUT2D eigenvalue weighted by molar-refractivity contribution is 7.29. The molecular formula is C13H22N3OP. The molecule has 1 atom stereocenters. The van der Waals surface area contributed by atoms with E-state index in [9.17, 15) is 0 Å². The molecule has 2 N–H and O–H groups in total. The van der Waals surface area contributed by atoms with E-state index < -0.39 is 0 Å². The van der Waals surface area contributed by atoms with Crippen LogP contribution in [0.2, 0.25) is 0 Å². The van der Waals surface area contributed by atoms with Crippen molar-refractivity contribution in [3.8, 4) is 5.75 Å². The van der Waals surface area contributed by atoms with Gasteiger partial charge in [-0.25, -0.2) is 0 Å². The third-order valence-electron chi connectivity index (χ3n) is 3.29. The van der Waals surface area contributed by atoms with E-state index in [1.54, 1.807) is 0 Å². The molecule has 18 heavy (non-hydrogen) atoms. The number of nitrogens with two attached hydrogens (primary N) is 1. The van der Waals surface area contributed by atoms with Crippen molar-refractivity contribution >= 4 is 20.3 Å². The molecule has 0 aromatic heterocycles. The molecule has 0 saturated heterocycles. The van der Waals surface area contributed by atoms with Gasteiger partial charge in [-0.1, -0.05) is 0 Å². The normalized spacial score (nSPS) is 15.3. The molecule has 0 saturated carbocycles. The summed E-state index contributed by atoms with van der Waals surface area (Å²) in [5.74, 6) is 0.853. The second-order valence-electron chi connectivity index (χ2n) is 5.14. The third-order valence-corrected chi connectivity index (χ3v) is 3.65. The minimum absolute atomic E-state index is 0.00609. The van der Waals surface area contributed by atoms with Crippen LogP contribution < -0.4 is 19.8 Å². The predicted octanol–water partition coefficient (Wildman–Crippen LogP) is 2.93. The second kappa shape index (κ2) is 5.33. The van der Waals surface area contributed by atoms with E-state index in [4.69, 9.17) is 10.0 Å². The van der Waals surface area contributed by atoms with Gasteiger partial charge in [-0.2, -0.15) is 0 Å². The molecule has 1 aliphatic heterocycles. The quantitative estimate of drug-likeness (QED) is 0.852. The summed E-state index contributed by atoms with van der Waals surface area (Å²) in [6.07, 6.45) is 0. The largest absolute Gasteiger partial charge is 0.461 e. The Morgan fingerprint density at radius 2 is 1.72 bits per heavy atom. The van der Waals surface area contributed by atoms with Crippen molar-refractivity contribution in [2.45, 2.75) is 39.8 Å². The Morgan fingerprint density at radius 1 is 1.11 bits per heavy atom. The fraction of sp³-hybridized carbons (Fsp3) is 0.538. The lowest BCUT2D eigenvalue weighted by molar-refractivity contribution is 0.629. The maximum Gasteiger partial charge on any atom is 0.143 e. The van der Waals surface area contributed by atoms with Gasteiger partial charge in [0.2, 0.25) is 0 Å². The highest BCUT2D eigenvalue weighted by Gasteiger charge is 2.29. The van der Waals surface area contributed by atoms with Crippen LogP contribution in [0.1, 0.15) is 27.7 Å². The van der Waals surface area contributed by atoms with E-state index in [0.29, 0.717) is 12.1 Å². The van der Waals surface area contributed by atoms with Crippen LogP contribution in [0.3, 0.4) is 0 Å². The molecule has 5 heteroatoms. The SMILES string of the molecule is CC(C)N1CN(C(C)C)c2cc(OPN)ccc21. The number of nitrogens with zero attached hydrogens (tertiary/aromatic N) is 2. The zero-order chi connectivity index (χ0) is 13.3. The van der Waals surface area contributed by atoms with Crippen LogP contribution >= 0.6 is 8.96 Å². The Hall–Kier alpha value is -0.990. The molecule has 0 fully saturated rings. The number of fused-ring (bicyclic) bond motifs is 1. The molecule has 4 nitrogen and oxygen atoms in total. The fourth-order valence-corrected chi connectivity index (χ4v) is 2.57. The highest BCUT2D eigenvalue weighted by atomic mass is 31.1. The van der Waals surface area contributed by atoms with Crippen molar-refractivity contribution < 1.29 is 4.52 Å². The van der Waals surface area contributed by atoms with Gasteiger partial charge >= 0.3 is 0 Å². The molecule has 0 bridgehead atoms. The number of benzene rings is 1. The van der Waals surface area contributed by atoms with Crippen LogP contribution in [-0.2, 0) is 0 Å². The molecular weight excluding hydrogens is 245 g/mol. The summed E-state index contributed by atoms with van der Waals surface area (Å²) >= 11 is 0. The first-order valence-corrected chi connectivity index (χ1v) is 7.33. The van der Waals surface area contributed by atoms with Crippen molar-refractivity contribution in [3.05, 3.63) is 18.2 Å². The molecule has 1 aliphatic rings. The van der Waals surface area contributed by atoms with Crippen LogP contribution in [0, 0.1) is 0 Å².